The molecule has 2 aromatic rings. The Morgan fingerprint density at radius 3 is 2.89 bits per heavy atom. The number of hydrogen-bond donors (Lipinski definition) is 3. The van der Waals surface area contributed by atoms with Crippen molar-refractivity contribution < 1.29 is 0 Å². The van der Waals surface area contributed by atoms with Crippen LogP contribution < -0.4 is 22.3 Å². The van der Waals surface area contributed by atoms with Gasteiger partial charge in [0.25, 0.3) is 5.56 Å². The van der Waals surface area contributed by atoms with Crippen LogP contribution in [-0.2, 0) is 13.0 Å². The van der Waals surface area contributed by atoms with Crippen LogP contribution >= 0.6 is 11.3 Å². The molecule has 6 nitrogen and oxygen atoms in total. The maximum atomic E-state index is 11.7. The van der Waals surface area contributed by atoms with Gasteiger partial charge in [-0.1, -0.05) is 6.07 Å². The third-order valence-electron chi connectivity index (χ3n) is 2.81. The number of thiophene rings is 1. The smallest absolute Gasteiger partial charge is 0.330 e. The van der Waals surface area contributed by atoms with Crippen LogP contribution in [0.15, 0.2) is 27.1 Å². The first kappa shape index (κ1) is 13.4. The number of nitrogens with zero attached hydrogens (tertiary/aromatic N) is 1. The summed E-state index contributed by atoms with van der Waals surface area (Å²) >= 11 is 1.66. The van der Waals surface area contributed by atoms with E-state index in [0.717, 1.165) is 6.42 Å². The van der Waals surface area contributed by atoms with E-state index in [1.54, 1.807) is 18.3 Å². The van der Waals surface area contributed by atoms with Crippen molar-refractivity contribution in [1.29, 1.82) is 0 Å². The molecule has 0 aromatic carbocycles. The predicted molar refractivity (Wildman–Crippen MR) is 77.9 cm³/mol. The van der Waals surface area contributed by atoms with Gasteiger partial charge in [-0.3, -0.25) is 14.3 Å². The van der Waals surface area contributed by atoms with Crippen LogP contribution in [0.1, 0.15) is 11.8 Å². The lowest BCUT2D eigenvalue weighted by atomic mass is 10.3. The largest absolute Gasteiger partial charge is 0.383 e. The van der Waals surface area contributed by atoms with E-state index < -0.39 is 11.2 Å². The summed E-state index contributed by atoms with van der Waals surface area (Å²) < 4.78 is 1.33. The highest BCUT2D eigenvalue weighted by molar-refractivity contribution is 7.09. The van der Waals surface area contributed by atoms with Crippen molar-refractivity contribution in [2.75, 3.05) is 17.6 Å². The van der Waals surface area contributed by atoms with E-state index in [1.165, 1.54) is 9.44 Å². The summed E-state index contributed by atoms with van der Waals surface area (Å²) in [6.45, 7) is 2.81. The van der Waals surface area contributed by atoms with Crippen LogP contribution in [0.3, 0.4) is 0 Å². The molecule has 0 aliphatic carbocycles. The molecule has 0 radical (unpaired) electrons. The molecule has 19 heavy (non-hydrogen) atoms. The molecule has 0 saturated heterocycles. The molecular weight excluding hydrogens is 264 g/mol. The summed E-state index contributed by atoms with van der Waals surface area (Å²) in [7, 11) is 0. The minimum atomic E-state index is -0.478. The lowest BCUT2D eigenvalue weighted by Gasteiger charge is -2.12. The summed E-state index contributed by atoms with van der Waals surface area (Å²) in [6.07, 6.45) is 0.807. The van der Waals surface area contributed by atoms with Gasteiger partial charge in [-0.15, -0.1) is 11.3 Å². The normalized spacial score (nSPS) is 10.6. The zero-order chi connectivity index (χ0) is 13.8. The fourth-order valence-corrected chi connectivity index (χ4v) is 2.55. The molecule has 2 aromatic heterocycles. The summed E-state index contributed by atoms with van der Waals surface area (Å²) in [4.78, 5) is 26.7. The Bertz CT molecular complexity index is 657. The van der Waals surface area contributed by atoms with Crippen molar-refractivity contribution in [2.45, 2.75) is 19.9 Å². The zero-order valence-electron chi connectivity index (χ0n) is 10.6. The molecule has 2 rings (SSSR count). The highest BCUT2D eigenvalue weighted by Crippen LogP contribution is 2.12. The minimum Gasteiger partial charge on any atom is -0.383 e. The molecule has 4 N–H and O–H groups in total. The van der Waals surface area contributed by atoms with Crippen molar-refractivity contribution in [2.24, 2.45) is 0 Å². The van der Waals surface area contributed by atoms with Crippen molar-refractivity contribution in [3.05, 3.63) is 43.2 Å². The summed E-state index contributed by atoms with van der Waals surface area (Å²) in [6, 6.07) is 4.02. The monoisotopic (exact) mass is 280 g/mol. The molecule has 0 unspecified atom stereocenters. The zero-order valence-corrected chi connectivity index (χ0v) is 11.4. The van der Waals surface area contributed by atoms with E-state index >= 15 is 0 Å². The fourth-order valence-electron chi connectivity index (χ4n) is 1.84. The van der Waals surface area contributed by atoms with E-state index in [9.17, 15) is 9.59 Å². The molecule has 0 aliphatic rings. The second-order valence-electron chi connectivity index (χ2n) is 4.02. The second kappa shape index (κ2) is 5.75. The maximum Gasteiger partial charge on any atom is 0.330 e. The molecule has 7 heteroatoms. The van der Waals surface area contributed by atoms with Crippen LogP contribution in [0.2, 0.25) is 0 Å². The molecule has 2 heterocycles. The summed E-state index contributed by atoms with van der Waals surface area (Å²) in [5.74, 6) is 0.183. The van der Waals surface area contributed by atoms with Crippen LogP contribution in [-0.4, -0.2) is 16.1 Å². The van der Waals surface area contributed by atoms with Gasteiger partial charge in [0.1, 0.15) is 11.5 Å². The molecular formula is C12H16N4O2S. The second-order valence-corrected chi connectivity index (χ2v) is 5.05. The van der Waals surface area contributed by atoms with Gasteiger partial charge in [0.05, 0.1) is 0 Å². The molecule has 0 saturated carbocycles. The van der Waals surface area contributed by atoms with Gasteiger partial charge in [-0.2, -0.15) is 0 Å². The number of nitrogen functional groups attached to an aromatic ring is 1. The molecule has 0 amide bonds. The van der Waals surface area contributed by atoms with E-state index in [0.29, 0.717) is 13.1 Å². The van der Waals surface area contributed by atoms with Crippen LogP contribution in [0.25, 0.3) is 0 Å². The van der Waals surface area contributed by atoms with Crippen LogP contribution in [0.5, 0.6) is 0 Å². The van der Waals surface area contributed by atoms with Crippen molar-refractivity contribution in [3.63, 3.8) is 0 Å². The molecule has 0 aliphatic heterocycles. The third kappa shape index (κ3) is 2.87. The lowest BCUT2D eigenvalue weighted by molar-refractivity contribution is 0.706. The van der Waals surface area contributed by atoms with E-state index in [-0.39, 0.29) is 11.5 Å². The average molecular weight is 280 g/mol. The Morgan fingerprint density at radius 2 is 2.26 bits per heavy atom. The Balaban J connectivity index is 2.16. The Kier molecular flexibility index (Phi) is 4.06. The van der Waals surface area contributed by atoms with Crippen LogP contribution in [0.4, 0.5) is 11.5 Å². The topological polar surface area (TPSA) is 92.9 Å². The minimum absolute atomic E-state index is 0.183. The first-order valence-electron chi connectivity index (χ1n) is 6.02. The Labute approximate surface area is 113 Å². The standard InChI is InChI=1S/C12H16N4O2S/c1-2-16-10(13)9(11(17)15-12(16)18)14-6-5-8-4-3-7-19-8/h3-4,7,14H,2,5-6,13H2,1H3,(H,15,17,18). The first-order chi connectivity index (χ1) is 9.13. The number of anilines is 2. The first-order valence-corrected chi connectivity index (χ1v) is 6.90. The van der Waals surface area contributed by atoms with Gasteiger partial charge >= 0.3 is 5.69 Å². The molecule has 0 bridgehead atoms. The SMILES string of the molecule is CCn1c(N)c(NCCc2cccs2)c(=O)[nH]c1=O. The van der Waals surface area contributed by atoms with Gasteiger partial charge in [-0.25, -0.2) is 4.79 Å². The maximum absolute atomic E-state index is 11.7. The summed E-state index contributed by atoms with van der Waals surface area (Å²) in [5.41, 5.74) is 5.15. The lowest BCUT2D eigenvalue weighted by Crippen LogP contribution is -2.34. The van der Waals surface area contributed by atoms with E-state index in [2.05, 4.69) is 10.3 Å². The number of rotatable bonds is 5. The Hall–Kier alpha value is -2.02. The summed E-state index contributed by atoms with van der Waals surface area (Å²) in [5, 5.41) is 5.01. The number of nitrogens with two attached hydrogens (primary N) is 1. The fraction of sp³-hybridized carbons (Fsp3) is 0.333. The molecule has 102 valence electrons. The average Bonchev–Trinajstić information content (AvgIpc) is 2.86. The van der Waals surface area contributed by atoms with Crippen molar-refractivity contribution in [3.8, 4) is 0 Å². The van der Waals surface area contributed by atoms with Crippen LogP contribution in [0, 0.1) is 0 Å². The van der Waals surface area contributed by atoms with Crippen molar-refractivity contribution in [1.82, 2.24) is 9.55 Å². The molecule has 0 spiro atoms. The van der Waals surface area contributed by atoms with Gasteiger partial charge in [0.15, 0.2) is 0 Å². The number of hydrogen-bond acceptors (Lipinski definition) is 5. The highest BCUT2D eigenvalue weighted by Gasteiger charge is 2.10. The molecule has 0 atom stereocenters. The van der Waals surface area contributed by atoms with Gasteiger partial charge in [0.2, 0.25) is 0 Å². The number of H-pyrrole nitrogens is 1. The quantitative estimate of drug-likeness (QED) is 0.757. The number of aromatic amines is 1. The van der Waals surface area contributed by atoms with E-state index in [1.807, 2.05) is 17.5 Å². The van der Waals surface area contributed by atoms with Gasteiger partial charge < -0.3 is 11.1 Å². The predicted octanol–water partition coefficient (Wildman–Crippen LogP) is 0.855. The van der Waals surface area contributed by atoms with E-state index in [4.69, 9.17) is 5.73 Å². The van der Waals surface area contributed by atoms with Crippen molar-refractivity contribution >= 4 is 22.8 Å². The highest BCUT2D eigenvalue weighted by atomic mass is 32.1. The third-order valence-corrected chi connectivity index (χ3v) is 3.75. The number of aromatic nitrogens is 2. The van der Waals surface area contributed by atoms with Gasteiger partial charge in [-0.05, 0) is 24.8 Å². The molecule has 0 fully saturated rings. The number of nitrogens with one attached hydrogen (secondary N) is 2. The Morgan fingerprint density at radius 1 is 1.47 bits per heavy atom. The van der Waals surface area contributed by atoms with Gasteiger partial charge in [0, 0.05) is 18.0 Å².